The molecule has 0 unspecified atom stereocenters. The predicted molar refractivity (Wildman–Crippen MR) is 95.4 cm³/mol. The third-order valence-corrected chi connectivity index (χ3v) is 4.83. The highest BCUT2D eigenvalue weighted by Crippen LogP contribution is 2.39. The maximum absolute atomic E-state index is 13.7. The van der Waals surface area contributed by atoms with Crippen molar-refractivity contribution in [1.82, 2.24) is 10.4 Å². The van der Waals surface area contributed by atoms with Crippen LogP contribution in [0.1, 0.15) is 49.8 Å². The van der Waals surface area contributed by atoms with Gasteiger partial charge < -0.3 is 0 Å². The summed E-state index contributed by atoms with van der Waals surface area (Å²) in [4.78, 5) is 11.4. The molecule has 1 aliphatic heterocycles. The molecule has 1 aliphatic rings. The topological polar surface area (TPSA) is 32.3 Å². The zero-order chi connectivity index (χ0) is 18.7. The lowest BCUT2D eigenvalue weighted by molar-refractivity contribution is -0.191. The van der Waals surface area contributed by atoms with E-state index in [4.69, 9.17) is 0 Å². The first-order chi connectivity index (χ1) is 12.4. The van der Waals surface area contributed by atoms with Crippen molar-refractivity contribution in [3.8, 4) is 0 Å². The van der Waals surface area contributed by atoms with Crippen LogP contribution in [0.2, 0.25) is 0 Å². The van der Waals surface area contributed by atoms with Crippen LogP contribution < -0.4 is 5.43 Å². The van der Waals surface area contributed by atoms with Crippen molar-refractivity contribution in [3.63, 3.8) is 0 Å². The first-order valence-electron chi connectivity index (χ1n) is 9.04. The average Bonchev–Trinajstić information content (AvgIpc) is 3.00. The first-order valence-corrected chi connectivity index (χ1v) is 9.04. The van der Waals surface area contributed by atoms with E-state index < -0.39 is 12.2 Å². The summed E-state index contributed by atoms with van der Waals surface area (Å²) >= 11 is 0. The van der Waals surface area contributed by atoms with Crippen molar-refractivity contribution in [1.29, 1.82) is 0 Å². The largest absolute Gasteiger partial charge is 0.409 e. The molecule has 0 aromatic heterocycles. The monoisotopic (exact) mass is 364 g/mol. The Bertz CT molecular complexity index is 788. The molecule has 1 fully saturated rings. The van der Waals surface area contributed by atoms with Crippen LogP contribution in [-0.2, 0) is 11.2 Å². The van der Waals surface area contributed by atoms with E-state index in [1.165, 1.54) is 6.07 Å². The maximum Gasteiger partial charge on any atom is 0.409 e. The number of unbranched alkanes of at least 4 members (excludes halogenated alkanes) is 2. The van der Waals surface area contributed by atoms with Gasteiger partial charge in [0.2, 0.25) is 5.91 Å². The molecule has 0 aliphatic carbocycles. The summed E-state index contributed by atoms with van der Waals surface area (Å²) in [6.45, 7) is 2.18. The lowest BCUT2D eigenvalue weighted by atomic mass is 9.95. The first kappa shape index (κ1) is 18.7. The van der Waals surface area contributed by atoms with Crippen molar-refractivity contribution in [2.45, 2.75) is 51.2 Å². The summed E-state index contributed by atoms with van der Waals surface area (Å²) in [7, 11) is 0. The molecular formula is C20H23F3N2O. The number of carbonyl (C=O) groups excluding carboxylic acids is 1. The molecule has 0 spiro atoms. The van der Waals surface area contributed by atoms with Crippen LogP contribution in [0.25, 0.3) is 10.8 Å². The molecule has 26 heavy (non-hydrogen) atoms. The van der Waals surface area contributed by atoms with Crippen LogP contribution in [0.5, 0.6) is 0 Å². The van der Waals surface area contributed by atoms with E-state index in [0.29, 0.717) is 0 Å². The van der Waals surface area contributed by atoms with E-state index >= 15 is 0 Å². The Kier molecular flexibility index (Phi) is 5.51. The number of benzene rings is 2. The number of nitrogens with one attached hydrogen (secondary N) is 1. The Balaban J connectivity index is 1.99. The molecule has 6 heteroatoms. The van der Waals surface area contributed by atoms with Gasteiger partial charge >= 0.3 is 6.18 Å². The highest BCUT2D eigenvalue weighted by molar-refractivity contribution is 5.86. The number of alkyl halides is 3. The van der Waals surface area contributed by atoms with Gasteiger partial charge in [0.05, 0.1) is 0 Å². The Hall–Kier alpha value is -2.08. The number of aryl methyl sites for hydroxylation is 1. The number of fused-ring (bicyclic) bond motifs is 1. The Labute approximate surface area is 151 Å². The minimum absolute atomic E-state index is 0.0548. The summed E-state index contributed by atoms with van der Waals surface area (Å²) in [6, 6.07) is 8.92. The van der Waals surface area contributed by atoms with Gasteiger partial charge in [0.15, 0.2) is 0 Å². The van der Waals surface area contributed by atoms with Crippen molar-refractivity contribution in [2.24, 2.45) is 0 Å². The van der Waals surface area contributed by atoms with Gasteiger partial charge in [0.25, 0.3) is 0 Å². The summed E-state index contributed by atoms with van der Waals surface area (Å²) in [5.74, 6) is -0.375. The van der Waals surface area contributed by atoms with E-state index in [-0.39, 0.29) is 24.4 Å². The number of carbonyl (C=O) groups is 1. The van der Waals surface area contributed by atoms with E-state index in [1.807, 2.05) is 18.2 Å². The fourth-order valence-electron chi connectivity index (χ4n) is 3.54. The summed E-state index contributed by atoms with van der Waals surface area (Å²) in [5, 5.41) is 2.80. The van der Waals surface area contributed by atoms with Crippen molar-refractivity contribution in [3.05, 3.63) is 47.5 Å². The van der Waals surface area contributed by atoms with Gasteiger partial charge in [-0.15, -0.1) is 0 Å². The number of rotatable bonds is 6. The van der Waals surface area contributed by atoms with Crippen LogP contribution in [0, 0.1) is 0 Å². The van der Waals surface area contributed by atoms with Crippen molar-refractivity contribution >= 4 is 16.7 Å². The van der Waals surface area contributed by atoms with Crippen molar-refractivity contribution < 1.29 is 18.0 Å². The van der Waals surface area contributed by atoms with E-state index in [2.05, 4.69) is 12.3 Å². The number of hydrogen-bond acceptors (Lipinski definition) is 2. The van der Waals surface area contributed by atoms with Gasteiger partial charge in [-0.05, 0) is 40.8 Å². The minimum atomic E-state index is -4.47. The number of amides is 1. The second-order valence-corrected chi connectivity index (χ2v) is 6.78. The molecule has 1 heterocycles. The molecule has 0 saturated carbocycles. The minimum Gasteiger partial charge on any atom is -0.288 e. The van der Waals surface area contributed by atoms with Crippen LogP contribution in [0.4, 0.5) is 13.2 Å². The smallest absolute Gasteiger partial charge is 0.288 e. The Morgan fingerprint density at radius 3 is 2.65 bits per heavy atom. The molecule has 140 valence electrons. The molecule has 1 saturated heterocycles. The van der Waals surface area contributed by atoms with E-state index in [0.717, 1.165) is 47.0 Å². The molecule has 0 radical (unpaired) electrons. The second kappa shape index (κ2) is 7.66. The summed E-state index contributed by atoms with van der Waals surface area (Å²) in [6.07, 6.45) is -0.316. The average molecular weight is 364 g/mol. The molecule has 0 bridgehead atoms. The highest BCUT2D eigenvalue weighted by Gasteiger charge is 2.46. The third-order valence-electron chi connectivity index (χ3n) is 4.83. The molecule has 3 nitrogen and oxygen atoms in total. The Morgan fingerprint density at radius 1 is 1.19 bits per heavy atom. The number of hydrogen-bond donors (Lipinski definition) is 1. The summed E-state index contributed by atoms with van der Waals surface area (Å²) < 4.78 is 41.2. The SMILES string of the molecule is CCCCCc1cccc2ccc([C@H](N3CCC(=O)N3)C(F)(F)F)cc12. The molecular weight excluding hydrogens is 341 g/mol. The van der Waals surface area contributed by atoms with E-state index in [9.17, 15) is 18.0 Å². The lowest BCUT2D eigenvalue weighted by Crippen LogP contribution is -2.43. The molecule has 2 aromatic rings. The molecule has 1 N–H and O–H groups in total. The summed E-state index contributed by atoms with van der Waals surface area (Å²) in [5.41, 5.74) is 3.57. The fourth-order valence-corrected chi connectivity index (χ4v) is 3.54. The quantitative estimate of drug-likeness (QED) is 0.739. The molecule has 1 amide bonds. The number of halogens is 3. The van der Waals surface area contributed by atoms with Gasteiger partial charge in [0.1, 0.15) is 6.04 Å². The highest BCUT2D eigenvalue weighted by atomic mass is 19.4. The van der Waals surface area contributed by atoms with Crippen molar-refractivity contribution in [2.75, 3.05) is 6.54 Å². The van der Waals surface area contributed by atoms with Crippen LogP contribution in [0.15, 0.2) is 36.4 Å². The zero-order valence-corrected chi connectivity index (χ0v) is 14.8. The van der Waals surface area contributed by atoms with Gasteiger partial charge in [-0.2, -0.15) is 13.2 Å². The van der Waals surface area contributed by atoms with Crippen LogP contribution in [0.3, 0.4) is 0 Å². The van der Waals surface area contributed by atoms with Crippen LogP contribution in [-0.4, -0.2) is 23.6 Å². The Morgan fingerprint density at radius 2 is 2.00 bits per heavy atom. The maximum atomic E-state index is 13.7. The number of hydrazine groups is 1. The van der Waals surface area contributed by atoms with E-state index in [1.54, 1.807) is 12.1 Å². The van der Waals surface area contributed by atoms with Crippen LogP contribution >= 0.6 is 0 Å². The van der Waals surface area contributed by atoms with Gasteiger partial charge in [-0.3, -0.25) is 10.2 Å². The standard InChI is InChI=1S/C20H23F3N2O/c1-2-3-4-6-14-7-5-8-15-9-10-16(13-17(14)15)19(20(21,22)23)25-12-11-18(26)24-25/h5,7-10,13,19H,2-4,6,11-12H2,1H3,(H,24,26)/t19-/m0/s1. The normalized spacial score (nSPS) is 16.8. The lowest BCUT2D eigenvalue weighted by Gasteiger charge is -2.29. The van der Waals surface area contributed by atoms with Gasteiger partial charge in [-0.1, -0.05) is 50.1 Å². The molecule has 2 aromatic carbocycles. The number of nitrogens with zero attached hydrogens (tertiary/aromatic N) is 1. The second-order valence-electron chi connectivity index (χ2n) is 6.78. The molecule has 3 rings (SSSR count). The van der Waals surface area contributed by atoms with Gasteiger partial charge in [0, 0.05) is 13.0 Å². The predicted octanol–water partition coefficient (Wildman–Crippen LogP) is 4.91. The zero-order valence-electron chi connectivity index (χ0n) is 14.8. The fraction of sp³-hybridized carbons (Fsp3) is 0.450. The third kappa shape index (κ3) is 4.01. The van der Waals surface area contributed by atoms with Gasteiger partial charge in [-0.25, -0.2) is 5.01 Å². The molecule has 1 atom stereocenters.